The molecule has 1 fully saturated rings. The van der Waals surface area contributed by atoms with E-state index in [1.807, 2.05) is 26.0 Å². The minimum absolute atomic E-state index is 0.0550. The van der Waals surface area contributed by atoms with E-state index in [0.717, 1.165) is 5.39 Å². The minimum atomic E-state index is -3.77. The maximum Gasteiger partial charge on any atom is 0.287 e. The molecule has 0 saturated heterocycles. The first kappa shape index (κ1) is 26.5. The SMILES string of the molecule is CC(C)C[C@H](NC(=O)c1cc2ccccc2o1)C(=O)N[C@H]1CCCC(S(=O)(=O)c2ccccn2)CC1=O. The van der Waals surface area contributed by atoms with Gasteiger partial charge in [-0.1, -0.05) is 38.1 Å². The number of Topliss-reactive ketones (excluding diaryl/α,β-unsaturated/α-hetero) is 1. The number of carbonyl (C=O) groups excluding carboxylic acids is 3. The first-order chi connectivity index (χ1) is 17.6. The van der Waals surface area contributed by atoms with Crippen molar-refractivity contribution < 1.29 is 27.2 Å². The number of nitrogens with one attached hydrogen (secondary N) is 2. The van der Waals surface area contributed by atoms with Crippen molar-refractivity contribution >= 4 is 38.4 Å². The van der Waals surface area contributed by atoms with E-state index in [4.69, 9.17) is 4.42 Å². The molecule has 10 heteroatoms. The fraction of sp³-hybridized carbons (Fsp3) is 0.407. The highest BCUT2D eigenvalue weighted by Gasteiger charge is 2.36. The average molecular weight is 526 g/mol. The fourth-order valence-corrected chi connectivity index (χ4v) is 6.26. The second-order valence-corrected chi connectivity index (χ2v) is 12.0. The first-order valence-electron chi connectivity index (χ1n) is 12.4. The molecule has 4 rings (SSSR count). The van der Waals surface area contributed by atoms with Crippen molar-refractivity contribution in [3.63, 3.8) is 0 Å². The van der Waals surface area contributed by atoms with Gasteiger partial charge < -0.3 is 15.1 Å². The maximum absolute atomic E-state index is 13.2. The maximum atomic E-state index is 13.2. The number of amides is 2. The number of para-hydroxylation sites is 1. The van der Waals surface area contributed by atoms with Gasteiger partial charge in [-0.3, -0.25) is 14.4 Å². The summed E-state index contributed by atoms with van der Waals surface area (Å²) in [7, 11) is -3.77. The highest BCUT2D eigenvalue weighted by atomic mass is 32.2. The molecule has 0 radical (unpaired) electrons. The van der Waals surface area contributed by atoms with Gasteiger partial charge in [0.15, 0.2) is 26.4 Å². The van der Waals surface area contributed by atoms with E-state index in [9.17, 15) is 22.8 Å². The number of carbonyl (C=O) groups is 3. The highest BCUT2D eigenvalue weighted by molar-refractivity contribution is 7.92. The van der Waals surface area contributed by atoms with Gasteiger partial charge >= 0.3 is 0 Å². The molecule has 196 valence electrons. The van der Waals surface area contributed by atoms with E-state index in [1.165, 1.54) is 12.3 Å². The van der Waals surface area contributed by atoms with E-state index in [1.54, 1.807) is 30.3 Å². The van der Waals surface area contributed by atoms with Gasteiger partial charge in [0.05, 0.1) is 11.3 Å². The third-order valence-corrected chi connectivity index (χ3v) is 8.60. The van der Waals surface area contributed by atoms with Crippen molar-refractivity contribution in [2.75, 3.05) is 0 Å². The zero-order chi connectivity index (χ0) is 26.6. The largest absolute Gasteiger partial charge is 0.451 e. The van der Waals surface area contributed by atoms with Gasteiger partial charge in [-0.05, 0) is 55.9 Å². The number of fused-ring (bicyclic) bond motifs is 1. The van der Waals surface area contributed by atoms with Crippen molar-refractivity contribution in [3.8, 4) is 0 Å². The number of hydrogen-bond acceptors (Lipinski definition) is 7. The Morgan fingerprint density at radius 2 is 1.86 bits per heavy atom. The summed E-state index contributed by atoms with van der Waals surface area (Å²) in [5.74, 6) is -1.17. The van der Waals surface area contributed by atoms with Crippen molar-refractivity contribution in [1.29, 1.82) is 0 Å². The number of rotatable bonds is 8. The first-order valence-corrected chi connectivity index (χ1v) is 14.0. The molecule has 0 spiro atoms. The summed E-state index contributed by atoms with van der Waals surface area (Å²) in [4.78, 5) is 43.1. The lowest BCUT2D eigenvalue weighted by molar-refractivity contribution is -0.129. The van der Waals surface area contributed by atoms with Crippen LogP contribution in [0.1, 0.15) is 56.5 Å². The summed E-state index contributed by atoms with van der Waals surface area (Å²) in [6.07, 6.45) is 2.63. The predicted octanol–water partition coefficient (Wildman–Crippen LogP) is 3.44. The predicted molar refractivity (Wildman–Crippen MR) is 138 cm³/mol. The molecule has 0 bridgehead atoms. The van der Waals surface area contributed by atoms with E-state index in [-0.39, 0.29) is 28.9 Å². The van der Waals surface area contributed by atoms with E-state index < -0.39 is 39.0 Å². The number of pyridine rings is 1. The number of aromatic nitrogens is 1. The number of benzene rings is 1. The normalized spacial score (nSPS) is 19.4. The van der Waals surface area contributed by atoms with Crippen molar-refractivity contribution in [1.82, 2.24) is 15.6 Å². The van der Waals surface area contributed by atoms with E-state index in [2.05, 4.69) is 15.6 Å². The Hall–Kier alpha value is -3.53. The van der Waals surface area contributed by atoms with Crippen LogP contribution in [0.2, 0.25) is 0 Å². The Labute approximate surface area is 215 Å². The summed E-state index contributed by atoms with van der Waals surface area (Å²) in [5.41, 5.74) is 0.566. The summed E-state index contributed by atoms with van der Waals surface area (Å²) < 4.78 is 31.6. The van der Waals surface area contributed by atoms with E-state index in [0.29, 0.717) is 31.3 Å². The molecule has 0 aliphatic heterocycles. The number of nitrogens with zero attached hydrogens (tertiary/aromatic N) is 1. The summed E-state index contributed by atoms with van der Waals surface area (Å²) in [6.45, 7) is 3.86. The van der Waals surface area contributed by atoms with Gasteiger partial charge in [0.2, 0.25) is 5.91 Å². The van der Waals surface area contributed by atoms with Gasteiger partial charge in [0, 0.05) is 18.0 Å². The number of sulfone groups is 1. The van der Waals surface area contributed by atoms with Gasteiger partial charge in [0.25, 0.3) is 5.91 Å². The van der Waals surface area contributed by atoms with Gasteiger partial charge in [-0.2, -0.15) is 0 Å². The topological polar surface area (TPSA) is 135 Å². The zero-order valence-electron chi connectivity index (χ0n) is 20.8. The van der Waals surface area contributed by atoms with Crippen LogP contribution in [0, 0.1) is 5.92 Å². The Morgan fingerprint density at radius 3 is 2.57 bits per heavy atom. The molecule has 2 aromatic heterocycles. The van der Waals surface area contributed by atoms with E-state index >= 15 is 0 Å². The smallest absolute Gasteiger partial charge is 0.287 e. The van der Waals surface area contributed by atoms with Crippen LogP contribution in [0.15, 0.2) is 64.2 Å². The molecule has 37 heavy (non-hydrogen) atoms. The second kappa shape index (κ2) is 11.2. The van der Waals surface area contributed by atoms with Crippen molar-refractivity contribution in [2.45, 2.75) is 68.3 Å². The molecule has 3 atom stereocenters. The number of ketones is 1. The van der Waals surface area contributed by atoms with Crippen LogP contribution in [0.4, 0.5) is 0 Å². The molecule has 2 N–H and O–H groups in total. The molecular formula is C27H31N3O6S. The lowest BCUT2D eigenvalue weighted by Crippen LogP contribution is -2.52. The Kier molecular flexibility index (Phi) is 8.06. The quantitative estimate of drug-likeness (QED) is 0.430. The van der Waals surface area contributed by atoms with Gasteiger partial charge in [0.1, 0.15) is 11.6 Å². The molecule has 3 aromatic rings. The van der Waals surface area contributed by atoms with Crippen LogP contribution in [0.25, 0.3) is 11.0 Å². The Balaban J connectivity index is 1.44. The molecular weight excluding hydrogens is 494 g/mol. The molecule has 1 saturated carbocycles. The second-order valence-electron chi connectivity index (χ2n) is 9.80. The fourth-order valence-electron chi connectivity index (χ4n) is 4.58. The molecule has 1 aliphatic rings. The molecule has 2 amide bonds. The highest BCUT2D eigenvalue weighted by Crippen LogP contribution is 2.26. The van der Waals surface area contributed by atoms with Crippen molar-refractivity contribution in [3.05, 3.63) is 60.5 Å². The number of hydrogen-bond donors (Lipinski definition) is 2. The van der Waals surface area contributed by atoms with Crippen LogP contribution in [-0.2, 0) is 19.4 Å². The summed E-state index contributed by atoms with van der Waals surface area (Å²) >= 11 is 0. The van der Waals surface area contributed by atoms with Crippen molar-refractivity contribution in [2.24, 2.45) is 5.92 Å². The third kappa shape index (κ3) is 6.25. The molecule has 1 aromatic carbocycles. The van der Waals surface area contributed by atoms with Gasteiger partial charge in [-0.15, -0.1) is 0 Å². The van der Waals surface area contributed by atoms with Gasteiger partial charge in [-0.25, -0.2) is 13.4 Å². The lowest BCUT2D eigenvalue weighted by Gasteiger charge is -2.23. The number of furan rings is 1. The standard InChI is InChI=1S/C27H31N3O6S/c1-17(2)14-21(30-27(33)24-15-18-8-3-4-11-23(18)36-24)26(32)29-20-10-7-9-19(16-22(20)31)37(34,35)25-12-5-6-13-28-25/h3-6,8,11-13,15,17,19-21H,7,9-10,14,16H2,1-2H3,(H,29,32)(H,30,33)/t19?,20-,21-/m0/s1. The Bertz CT molecular complexity index is 1350. The zero-order valence-corrected chi connectivity index (χ0v) is 21.7. The monoisotopic (exact) mass is 525 g/mol. The third-order valence-electron chi connectivity index (χ3n) is 6.50. The minimum Gasteiger partial charge on any atom is -0.451 e. The summed E-state index contributed by atoms with van der Waals surface area (Å²) in [6, 6.07) is 11.8. The van der Waals surface area contributed by atoms with Crippen LogP contribution in [-0.4, -0.2) is 48.3 Å². The molecule has 9 nitrogen and oxygen atoms in total. The molecule has 2 heterocycles. The summed E-state index contributed by atoms with van der Waals surface area (Å²) in [5, 5.41) is 5.33. The van der Waals surface area contributed by atoms with Crippen LogP contribution < -0.4 is 10.6 Å². The average Bonchev–Trinajstić information content (AvgIpc) is 3.23. The van der Waals surface area contributed by atoms with Crippen LogP contribution in [0.5, 0.6) is 0 Å². The molecule has 1 unspecified atom stereocenters. The van der Waals surface area contributed by atoms with Crippen LogP contribution >= 0.6 is 0 Å². The lowest BCUT2D eigenvalue weighted by atomic mass is 10.0. The molecule has 1 aliphatic carbocycles. The Morgan fingerprint density at radius 1 is 1.11 bits per heavy atom. The van der Waals surface area contributed by atoms with Crippen LogP contribution in [0.3, 0.4) is 0 Å².